The van der Waals surface area contributed by atoms with E-state index in [1.165, 1.54) is 24.3 Å². The van der Waals surface area contributed by atoms with Gasteiger partial charge in [-0.1, -0.05) is 22.0 Å². The Labute approximate surface area is 141 Å². The SMILES string of the molecule is O=C(Nc1ccc(F)cc1)C1CC(=O)N(c2cccc(Br)c2)C1. The molecule has 1 N–H and O–H groups in total. The average Bonchev–Trinajstić information content (AvgIpc) is 2.92. The van der Waals surface area contributed by atoms with E-state index < -0.39 is 5.92 Å². The van der Waals surface area contributed by atoms with Crippen molar-refractivity contribution >= 4 is 39.1 Å². The maximum Gasteiger partial charge on any atom is 0.229 e. The van der Waals surface area contributed by atoms with Crippen LogP contribution in [0.3, 0.4) is 0 Å². The van der Waals surface area contributed by atoms with Gasteiger partial charge in [-0.15, -0.1) is 0 Å². The van der Waals surface area contributed by atoms with Crippen molar-refractivity contribution in [1.29, 1.82) is 0 Å². The molecule has 4 nitrogen and oxygen atoms in total. The zero-order valence-electron chi connectivity index (χ0n) is 12.1. The second kappa shape index (κ2) is 6.50. The third-order valence-electron chi connectivity index (χ3n) is 3.73. The quantitative estimate of drug-likeness (QED) is 0.889. The molecule has 0 aromatic heterocycles. The molecule has 23 heavy (non-hydrogen) atoms. The minimum Gasteiger partial charge on any atom is -0.326 e. The zero-order chi connectivity index (χ0) is 16.4. The Kier molecular flexibility index (Phi) is 4.43. The van der Waals surface area contributed by atoms with Crippen molar-refractivity contribution in [3.63, 3.8) is 0 Å². The van der Waals surface area contributed by atoms with Gasteiger partial charge in [-0.05, 0) is 42.5 Å². The van der Waals surface area contributed by atoms with Gasteiger partial charge in [-0.25, -0.2) is 4.39 Å². The lowest BCUT2D eigenvalue weighted by Gasteiger charge is -2.17. The molecular weight excluding hydrogens is 363 g/mol. The third kappa shape index (κ3) is 3.59. The number of anilines is 2. The monoisotopic (exact) mass is 376 g/mol. The molecule has 118 valence electrons. The molecule has 0 aliphatic carbocycles. The summed E-state index contributed by atoms with van der Waals surface area (Å²) < 4.78 is 13.8. The number of hydrogen-bond acceptors (Lipinski definition) is 2. The number of hydrogen-bond donors (Lipinski definition) is 1. The van der Waals surface area contributed by atoms with Crippen molar-refractivity contribution in [2.24, 2.45) is 5.92 Å². The summed E-state index contributed by atoms with van der Waals surface area (Å²) in [6.07, 6.45) is 0.166. The van der Waals surface area contributed by atoms with Crippen molar-refractivity contribution < 1.29 is 14.0 Å². The predicted molar refractivity (Wildman–Crippen MR) is 89.6 cm³/mol. The van der Waals surface area contributed by atoms with E-state index in [0.29, 0.717) is 12.2 Å². The molecule has 1 unspecified atom stereocenters. The Morgan fingerprint density at radius 1 is 1.22 bits per heavy atom. The molecule has 2 aromatic carbocycles. The second-order valence-corrected chi connectivity index (χ2v) is 6.30. The van der Waals surface area contributed by atoms with Gasteiger partial charge in [0.1, 0.15) is 5.82 Å². The number of nitrogens with one attached hydrogen (secondary N) is 1. The maximum absolute atomic E-state index is 12.9. The van der Waals surface area contributed by atoms with Crippen molar-refractivity contribution in [2.75, 3.05) is 16.8 Å². The molecule has 1 saturated heterocycles. The topological polar surface area (TPSA) is 49.4 Å². The van der Waals surface area contributed by atoms with Crippen molar-refractivity contribution in [1.82, 2.24) is 0 Å². The normalized spacial score (nSPS) is 17.4. The second-order valence-electron chi connectivity index (χ2n) is 5.38. The van der Waals surface area contributed by atoms with E-state index in [-0.39, 0.29) is 24.1 Å². The van der Waals surface area contributed by atoms with Crippen LogP contribution in [0.5, 0.6) is 0 Å². The molecule has 0 radical (unpaired) electrons. The molecule has 6 heteroatoms. The van der Waals surface area contributed by atoms with Gasteiger partial charge in [0, 0.05) is 28.8 Å². The van der Waals surface area contributed by atoms with E-state index >= 15 is 0 Å². The minimum absolute atomic E-state index is 0.0812. The summed E-state index contributed by atoms with van der Waals surface area (Å²) in [6, 6.07) is 13.0. The van der Waals surface area contributed by atoms with E-state index in [1.54, 1.807) is 4.90 Å². The number of carbonyl (C=O) groups is 2. The van der Waals surface area contributed by atoms with Gasteiger partial charge in [0.2, 0.25) is 11.8 Å². The van der Waals surface area contributed by atoms with Gasteiger partial charge >= 0.3 is 0 Å². The van der Waals surface area contributed by atoms with Gasteiger partial charge in [-0.2, -0.15) is 0 Å². The lowest BCUT2D eigenvalue weighted by molar-refractivity contribution is -0.122. The molecule has 2 aromatic rings. The highest BCUT2D eigenvalue weighted by Crippen LogP contribution is 2.28. The Morgan fingerprint density at radius 3 is 2.65 bits per heavy atom. The van der Waals surface area contributed by atoms with Gasteiger partial charge < -0.3 is 10.2 Å². The van der Waals surface area contributed by atoms with Crippen LogP contribution in [-0.4, -0.2) is 18.4 Å². The third-order valence-corrected chi connectivity index (χ3v) is 4.22. The first-order chi connectivity index (χ1) is 11.0. The van der Waals surface area contributed by atoms with E-state index in [4.69, 9.17) is 0 Å². The number of carbonyl (C=O) groups excluding carboxylic acids is 2. The maximum atomic E-state index is 12.9. The van der Waals surface area contributed by atoms with E-state index in [1.807, 2.05) is 24.3 Å². The van der Waals surface area contributed by atoms with Gasteiger partial charge in [0.15, 0.2) is 0 Å². The van der Waals surface area contributed by atoms with Crippen LogP contribution in [0.4, 0.5) is 15.8 Å². The van der Waals surface area contributed by atoms with Crippen LogP contribution in [0, 0.1) is 11.7 Å². The molecule has 1 aliphatic rings. The lowest BCUT2D eigenvalue weighted by Crippen LogP contribution is -2.28. The van der Waals surface area contributed by atoms with Crippen molar-refractivity contribution in [3.8, 4) is 0 Å². The Hall–Kier alpha value is -2.21. The molecule has 2 amide bonds. The Balaban J connectivity index is 1.69. The van der Waals surface area contributed by atoms with E-state index in [9.17, 15) is 14.0 Å². The van der Waals surface area contributed by atoms with Gasteiger partial charge in [0.25, 0.3) is 0 Å². The zero-order valence-corrected chi connectivity index (χ0v) is 13.7. The molecule has 1 aliphatic heterocycles. The Morgan fingerprint density at radius 2 is 1.96 bits per heavy atom. The standard InChI is InChI=1S/C17H14BrFN2O2/c18-12-2-1-3-15(9-12)21-10-11(8-16(21)22)17(23)20-14-6-4-13(19)5-7-14/h1-7,9,11H,8,10H2,(H,20,23). The van der Waals surface area contributed by atoms with Crippen LogP contribution in [-0.2, 0) is 9.59 Å². The lowest BCUT2D eigenvalue weighted by atomic mass is 10.1. The number of amides is 2. The molecule has 1 atom stereocenters. The van der Waals surface area contributed by atoms with Crippen LogP contribution in [0.1, 0.15) is 6.42 Å². The fraction of sp³-hybridized carbons (Fsp3) is 0.176. The summed E-state index contributed by atoms with van der Waals surface area (Å²) >= 11 is 3.38. The fourth-order valence-electron chi connectivity index (χ4n) is 2.55. The largest absolute Gasteiger partial charge is 0.326 e. The highest BCUT2D eigenvalue weighted by atomic mass is 79.9. The number of halogens is 2. The van der Waals surface area contributed by atoms with Crippen molar-refractivity contribution in [2.45, 2.75) is 6.42 Å². The summed E-state index contributed by atoms with van der Waals surface area (Å²) in [5, 5.41) is 2.72. The molecular formula is C17H14BrFN2O2. The number of benzene rings is 2. The Bertz CT molecular complexity index is 749. The van der Waals surface area contributed by atoms with Crippen LogP contribution in [0.2, 0.25) is 0 Å². The number of rotatable bonds is 3. The first-order valence-corrected chi connectivity index (χ1v) is 7.94. The molecule has 1 heterocycles. The first kappa shape index (κ1) is 15.7. The van der Waals surface area contributed by atoms with E-state index in [2.05, 4.69) is 21.2 Å². The molecule has 0 spiro atoms. The van der Waals surface area contributed by atoms with Crippen molar-refractivity contribution in [3.05, 3.63) is 58.8 Å². The van der Waals surface area contributed by atoms with Crippen LogP contribution < -0.4 is 10.2 Å². The molecule has 0 bridgehead atoms. The summed E-state index contributed by atoms with van der Waals surface area (Å²) in [5.74, 6) is -1.10. The fourth-order valence-corrected chi connectivity index (χ4v) is 2.94. The van der Waals surface area contributed by atoms with Crippen LogP contribution in [0.15, 0.2) is 53.0 Å². The smallest absolute Gasteiger partial charge is 0.229 e. The summed E-state index contributed by atoms with van der Waals surface area (Å²) in [5.41, 5.74) is 1.28. The average molecular weight is 377 g/mol. The van der Waals surface area contributed by atoms with Crippen LogP contribution >= 0.6 is 15.9 Å². The summed E-state index contributed by atoms with van der Waals surface area (Å²) in [6.45, 7) is 0.336. The number of nitrogens with zero attached hydrogens (tertiary/aromatic N) is 1. The molecule has 0 saturated carbocycles. The van der Waals surface area contributed by atoms with Gasteiger partial charge in [0.05, 0.1) is 5.92 Å². The van der Waals surface area contributed by atoms with Gasteiger partial charge in [-0.3, -0.25) is 9.59 Å². The summed E-state index contributed by atoms with van der Waals surface area (Å²) in [7, 11) is 0. The molecule has 3 rings (SSSR count). The first-order valence-electron chi connectivity index (χ1n) is 7.15. The van der Waals surface area contributed by atoms with Crippen LogP contribution in [0.25, 0.3) is 0 Å². The minimum atomic E-state index is -0.425. The highest BCUT2D eigenvalue weighted by molar-refractivity contribution is 9.10. The van der Waals surface area contributed by atoms with E-state index in [0.717, 1.165) is 10.2 Å². The predicted octanol–water partition coefficient (Wildman–Crippen LogP) is 3.58. The summed E-state index contributed by atoms with van der Waals surface area (Å²) in [4.78, 5) is 26.1. The molecule has 1 fully saturated rings. The highest BCUT2D eigenvalue weighted by Gasteiger charge is 2.35.